The molecule has 0 radical (unpaired) electrons. The number of nitrogens with one attached hydrogen (secondary N) is 2. The zero-order valence-corrected chi connectivity index (χ0v) is 17.9. The summed E-state index contributed by atoms with van der Waals surface area (Å²) in [6.07, 6.45) is 3.48. The number of hydrogen-bond donors (Lipinski definition) is 2. The zero-order valence-electron chi connectivity index (χ0n) is 17.9. The third kappa shape index (κ3) is 4.30. The monoisotopic (exact) mass is 449 g/mol. The number of rotatable bonds is 5. The first-order valence-electron chi connectivity index (χ1n) is 10.5. The molecular weight excluding hydrogens is 430 g/mol. The molecule has 9 heteroatoms. The van der Waals surface area contributed by atoms with E-state index in [4.69, 9.17) is 0 Å². The fraction of sp³-hybridized carbons (Fsp3) is 0. The smallest absolute Gasteiger partial charge is 0.267 e. The van der Waals surface area contributed by atoms with E-state index in [0.717, 1.165) is 16.9 Å². The van der Waals surface area contributed by atoms with Gasteiger partial charge in [-0.25, -0.2) is 14.3 Å². The predicted molar refractivity (Wildman–Crippen MR) is 125 cm³/mol. The van der Waals surface area contributed by atoms with E-state index in [-0.39, 0.29) is 5.82 Å². The lowest BCUT2D eigenvalue weighted by Crippen LogP contribution is -2.42. The standard InChI is InChI=1S/C25H19N7O2/c33-24(19-12-14-20(15-13-19)31-17-7-16-26-31)28-29-25(34)22-27-23(18-8-3-1-4-9-18)32(30-22)21-10-5-2-6-11-21/h1-17H,(H,28,33)(H,29,34). The fourth-order valence-electron chi connectivity index (χ4n) is 3.36. The van der Waals surface area contributed by atoms with E-state index in [9.17, 15) is 9.59 Å². The van der Waals surface area contributed by atoms with Crippen LogP contribution in [0.2, 0.25) is 0 Å². The topological polar surface area (TPSA) is 107 Å². The van der Waals surface area contributed by atoms with Crippen LogP contribution < -0.4 is 10.9 Å². The van der Waals surface area contributed by atoms with Gasteiger partial charge in [0.1, 0.15) is 0 Å². The number of hydrazine groups is 1. The summed E-state index contributed by atoms with van der Waals surface area (Å²) in [7, 11) is 0. The van der Waals surface area contributed by atoms with Crippen LogP contribution >= 0.6 is 0 Å². The molecule has 0 saturated heterocycles. The van der Waals surface area contributed by atoms with Crippen LogP contribution in [0.3, 0.4) is 0 Å². The van der Waals surface area contributed by atoms with Crippen molar-refractivity contribution < 1.29 is 9.59 Å². The van der Waals surface area contributed by atoms with Gasteiger partial charge in [-0.2, -0.15) is 5.10 Å². The first-order chi connectivity index (χ1) is 16.7. The Morgan fingerprint density at radius 3 is 2.06 bits per heavy atom. The maximum Gasteiger partial charge on any atom is 0.309 e. The summed E-state index contributed by atoms with van der Waals surface area (Å²) in [5.41, 5.74) is 7.55. The van der Waals surface area contributed by atoms with Gasteiger partial charge in [0.05, 0.1) is 11.4 Å². The van der Waals surface area contributed by atoms with Gasteiger partial charge < -0.3 is 0 Å². The number of amides is 2. The highest BCUT2D eigenvalue weighted by Crippen LogP contribution is 2.21. The Hall–Kier alpha value is -5.05. The summed E-state index contributed by atoms with van der Waals surface area (Å²) in [6, 6.07) is 27.5. The molecule has 0 aliphatic rings. The molecule has 9 nitrogen and oxygen atoms in total. The lowest BCUT2D eigenvalue weighted by atomic mass is 10.2. The van der Waals surface area contributed by atoms with Gasteiger partial charge in [0.25, 0.3) is 5.91 Å². The Bertz CT molecular complexity index is 1350. The molecule has 0 atom stereocenters. The van der Waals surface area contributed by atoms with Crippen LogP contribution in [0.5, 0.6) is 0 Å². The van der Waals surface area contributed by atoms with Crippen molar-refractivity contribution in [3.8, 4) is 22.8 Å². The minimum Gasteiger partial charge on any atom is -0.267 e. The van der Waals surface area contributed by atoms with Crippen LogP contribution in [0.25, 0.3) is 22.8 Å². The number of hydrogen-bond acceptors (Lipinski definition) is 5. The number of para-hydroxylation sites is 1. The summed E-state index contributed by atoms with van der Waals surface area (Å²) < 4.78 is 3.28. The minimum atomic E-state index is -0.631. The Kier molecular flexibility index (Phi) is 5.64. The molecule has 2 amide bonds. The number of carbonyl (C=O) groups excluding carboxylic acids is 2. The molecule has 0 saturated carbocycles. The van der Waals surface area contributed by atoms with Gasteiger partial charge in [0.2, 0.25) is 5.82 Å². The molecule has 5 rings (SSSR count). The van der Waals surface area contributed by atoms with Crippen LogP contribution in [-0.4, -0.2) is 36.4 Å². The van der Waals surface area contributed by atoms with Gasteiger partial charge in [-0.15, -0.1) is 5.10 Å². The van der Waals surface area contributed by atoms with Crippen molar-refractivity contribution in [3.05, 3.63) is 115 Å². The zero-order chi connectivity index (χ0) is 23.3. The summed E-state index contributed by atoms with van der Waals surface area (Å²) in [4.78, 5) is 29.7. The molecule has 0 aliphatic carbocycles. The van der Waals surface area contributed by atoms with Gasteiger partial charge in [0, 0.05) is 23.5 Å². The Morgan fingerprint density at radius 2 is 1.38 bits per heavy atom. The summed E-state index contributed by atoms with van der Waals surface area (Å²) in [5.74, 6) is -0.658. The molecule has 5 aromatic rings. The van der Waals surface area contributed by atoms with Gasteiger partial charge in [0.15, 0.2) is 5.82 Å². The fourth-order valence-corrected chi connectivity index (χ4v) is 3.36. The molecule has 0 unspecified atom stereocenters. The number of nitrogens with zero attached hydrogens (tertiary/aromatic N) is 5. The van der Waals surface area contributed by atoms with E-state index in [1.165, 1.54) is 0 Å². The normalized spacial score (nSPS) is 10.6. The van der Waals surface area contributed by atoms with E-state index >= 15 is 0 Å². The van der Waals surface area contributed by atoms with Gasteiger partial charge >= 0.3 is 5.91 Å². The molecule has 2 heterocycles. The molecular formula is C25H19N7O2. The van der Waals surface area contributed by atoms with Crippen LogP contribution in [0.1, 0.15) is 21.0 Å². The lowest BCUT2D eigenvalue weighted by molar-refractivity contribution is 0.0841. The molecule has 0 bridgehead atoms. The lowest BCUT2D eigenvalue weighted by Gasteiger charge is -2.07. The van der Waals surface area contributed by atoms with E-state index in [1.807, 2.05) is 66.7 Å². The van der Waals surface area contributed by atoms with Crippen molar-refractivity contribution in [2.75, 3.05) is 0 Å². The van der Waals surface area contributed by atoms with E-state index in [2.05, 4.69) is 26.0 Å². The van der Waals surface area contributed by atoms with E-state index in [1.54, 1.807) is 46.0 Å². The van der Waals surface area contributed by atoms with Crippen molar-refractivity contribution in [2.24, 2.45) is 0 Å². The average molecular weight is 449 g/mol. The Balaban J connectivity index is 1.33. The second-order valence-electron chi connectivity index (χ2n) is 7.28. The van der Waals surface area contributed by atoms with Crippen LogP contribution in [0.15, 0.2) is 103 Å². The molecule has 2 aromatic heterocycles. The molecule has 34 heavy (non-hydrogen) atoms. The molecule has 2 N–H and O–H groups in total. The number of benzene rings is 3. The van der Waals surface area contributed by atoms with Crippen molar-refractivity contribution in [2.45, 2.75) is 0 Å². The molecule has 0 spiro atoms. The molecule has 3 aromatic carbocycles. The highest BCUT2D eigenvalue weighted by atomic mass is 16.2. The van der Waals surface area contributed by atoms with Crippen molar-refractivity contribution in [1.29, 1.82) is 0 Å². The quantitative estimate of drug-likeness (QED) is 0.401. The van der Waals surface area contributed by atoms with E-state index in [0.29, 0.717) is 11.4 Å². The molecule has 0 aliphatic heterocycles. The predicted octanol–water partition coefficient (Wildman–Crippen LogP) is 3.19. The second kappa shape index (κ2) is 9.21. The van der Waals surface area contributed by atoms with E-state index < -0.39 is 11.8 Å². The van der Waals surface area contributed by atoms with Gasteiger partial charge in [-0.05, 0) is 42.5 Å². The van der Waals surface area contributed by atoms with Gasteiger partial charge in [-0.1, -0.05) is 48.5 Å². The number of aromatic nitrogens is 5. The van der Waals surface area contributed by atoms with Crippen molar-refractivity contribution in [3.63, 3.8) is 0 Å². The van der Waals surface area contributed by atoms with Crippen LogP contribution in [0, 0.1) is 0 Å². The largest absolute Gasteiger partial charge is 0.309 e. The minimum absolute atomic E-state index is 0.0722. The van der Waals surface area contributed by atoms with Crippen molar-refractivity contribution >= 4 is 11.8 Å². The SMILES string of the molecule is O=C(NNC(=O)c1nc(-c2ccccc2)n(-c2ccccc2)n1)c1ccc(-n2cccn2)cc1. The van der Waals surface area contributed by atoms with Gasteiger partial charge in [-0.3, -0.25) is 20.4 Å². The maximum absolute atomic E-state index is 12.7. The number of carbonyl (C=O) groups is 2. The first-order valence-corrected chi connectivity index (χ1v) is 10.5. The first kappa shape index (κ1) is 20.8. The maximum atomic E-state index is 12.7. The third-order valence-electron chi connectivity index (χ3n) is 5.03. The average Bonchev–Trinajstić information content (AvgIpc) is 3.59. The Labute approximate surface area is 194 Å². The summed E-state index contributed by atoms with van der Waals surface area (Å²) >= 11 is 0. The van der Waals surface area contributed by atoms with Crippen LogP contribution in [0.4, 0.5) is 0 Å². The highest BCUT2D eigenvalue weighted by molar-refractivity contribution is 5.97. The molecule has 0 fully saturated rings. The summed E-state index contributed by atoms with van der Waals surface area (Å²) in [5, 5.41) is 8.53. The Morgan fingerprint density at radius 1 is 0.706 bits per heavy atom. The second-order valence-corrected chi connectivity index (χ2v) is 7.28. The summed E-state index contributed by atoms with van der Waals surface area (Å²) in [6.45, 7) is 0. The van der Waals surface area contributed by atoms with Crippen molar-refractivity contribution in [1.82, 2.24) is 35.4 Å². The van der Waals surface area contributed by atoms with Crippen LogP contribution in [-0.2, 0) is 0 Å². The third-order valence-corrected chi connectivity index (χ3v) is 5.03. The molecule has 166 valence electrons. The highest BCUT2D eigenvalue weighted by Gasteiger charge is 2.19.